The van der Waals surface area contributed by atoms with E-state index in [1.54, 1.807) is 16.4 Å². The summed E-state index contributed by atoms with van der Waals surface area (Å²) in [6.45, 7) is 8.95. The van der Waals surface area contributed by atoms with E-state index < -0.39 is 5.60 Å². The number of piperidine rings is 1. The first kappa shape index (κ1) is 22.3. The van der Waals surface area contributed by atoms with Gasteiger partial charge < -0.3 is 15.0 Å². The van der Waals surface area contributed by atoms with Crippen LogP contribution in [0.2, 0.25) is 0 Å². The quantitative estimate of drug-likeness (QED) is 0.630. The van der Waals surface area contributed by atoms with Crippen molar-refractivity contribution in [3.63, 3.8) is 0 Å². The third-order valence-electron chi connectivity index (χ3n) is 6.00. The number of unbranched alkanes of at least 4 members (excludes halogenated alkanes) is 1. The van der Waals surface area contributed by atoms with E-state index >= 15 is 0 Å². The van der Waals surface area contributed by atoms with Crippen molar-refractivity contribution in [2.75, 3.05) is 13.2 Å². The van der Waals surface area contributed by atoms with E-state index in [4.69, 9.17) is 9.57 Å². The number of nitrogens with one attached hydrogen (secondary N) is 1. The maximum Gasteiger partial charge on any atom is 0.407 e. The maximum absolute atomic E-state index is 12.8. The molecule has 172 valence electrons. The number of fused-ring (bicyclic) bond motifs is 2. The topological polar surface area (TPSA) is 96.9 Å². The molecule has 1 N–H and O–H groups in total. The van der Waals surface area contributed by atoms with E-state index in [1.807, 2.05) is 25.7 Å². The number of ether oxygens (including phenoxy) is 1. The smallest absolute Gasteiger partial charge is 0.407 e. The van der Waals surface area contributed by atoms with Crippen molar-refractivity contribution >= 4 is 23.5 Å². The van der Waals surface area contributed by atoms with Crippen molar-refractivity contribution in [2.24, 2.45) is 0 Å². The monoisotopic (exact) mass is 451 g/mol. The largest absolute Gasteiger partial charge is 0.444 e. The Morgan fingerprint density at radius 2 is 1.97 bits per heavy atom. The molecule has 31 heavy (non-hydrogen) atoms. The molecule has 10 heteroatoms. The average molecular weight is 452 g/mol. The standard InChI is InChI=1S/C21H33N5O4S/c1-5-6-9-29-26-15-7-8-16(25(12-15)20(26)28)18-24-23-17(31-18)13-10-14(11-13)22-19(27)30-21(2,3)4/h13-16H,5-12H2,1-4H3,(H,22,27)/t13-,14-,15-,16-/m0/s1. The second kappa shape index (κ2) is 8.90. The summed E-state index contributed by atoms with van der Waals surface area (Å²) in [6.07, 6.45) is 5.09. The van der Waals surface area contributed by atoms with Crippen LogP contribution in [0.15, 0.2) is 0 Å². The molecule has 2 bridgehead atoms. The van der Waals surface area contributed by atoms with Gasteiger partial charge in [0.15, 0.2) is 0 Å². The molecule has 2 aliphatic heterocycles. The number of alkyl carbamates (subject to hydrolysis) is 1. The number of hydrogen-bond acceptors (Lipinski definition) is 7. The van der Waals surface area contributed by atoms with Crippen LogP contribution >= 0.6 is 11.3 Å². The Morgan fingerprint density at radius 1 is 1.23 bits per heavy atom. The van der Waals surface area contributed by atoms with E-state index in [0.29, 0.717) is 19.1 Å². The molecule has 0 spiro atoms. The molecule has 1 aliphatic carbocycles. The van der Waals surface area contributed by atoms with E-state index in [2.05, 4.69) is 22.4 Å². The molecular formula is C21H33N5O4S. The predicted octanol–water partition coefficient (Wildman–Crippen LogP) is 3.98. The molecule has 3 aliphatic rings. The van der Waals surface area contributed by atoms with Gasteiger partial charge in [-0.1, -0.05) is 24.7 Å². The van der Waals surface area contributed by atoms with Gasteiger partial charge in [-0.05, 0) is 52.9 Å². The summed E-state index contributed by atoms with van der Waals surface area (Å²) in [7, 11) is 0. The third-order valence-corrected chi connectivity index (χ3v) is 7.19. The first-order chi connectivity index (χ1) is 14.7. The zero-order valence-electron chi connectivity index (χ0n) is 18.8. The van der Waals surface area contributed by atoms with Crippen LogP contribution in [0.4, 0.5) is 9.59 Å². The number of rotatable bonds is 7. The molecule has 1 aromatic rings. The van der Waals surface area contributed by atoms with E-state index in [9.17, 15) is 9.59 Å². The highest BCUT2D eigenvalue weighted by Gasteiger charge is 2.47. The summed E-state index contributed by atoms with van der Waals surface area (Å²) in [5, 5.41) is 15.2. The molecule has 2 saturated heterocycles. The maximum atomic E-state index is 12.8. The van der Waals surface area contributed by atoms with Crippen LogP contribution in [0.25, 0.3) is 0 Å². The van der Waals surface area contributed by atoms with Crippen molar-refractivity contribution in [1.29, 1.82) is 0 Å². The fourth-order valence-electron chi connectivity index (χ4n) is 4.32. The fraction of sp³-hybridized carbons (Fsp3) is 0.810. The zero-order valence-corrected chi connectivity index (χ0v) is 19.6. The summed E-state index contributed by atoms with van der Waals surface area (Å²) in [4.78, 5) is 32.4. The Kier molecular flexibility index (Phi) is 6.39. The van der Waals surface area contributed by atoms with Crippen LogP contribution in [-0.4, -0.2) is 63.1 Å². The first-order valence-corrected chi connectivity index (χ1v) is 12.1. The summed E-state index contributed by atoms with van der Waals surface area (Å²) < 4.78 is 5.32. The molecule has 2 atom stereocenters. The minimum Gasteiger partial charge on any atom is -0.444 e. The van der Waals surface area contributed by atoms with Gasteiger partial charge in [0.1, 0.15) is 15.6 Å². The van der Waals surface area contributed by atoms with E-state index in [1.165, 1.54) is 0 Å². The molecular weight excluding hydrogens is 418 g/mol. The van der Waals surface area contributed by atoms with Gasteiger partial charge in [-0.15, -0.1) is 10.2 Å². The Morgan fingerprint density at radius 3 is 2.68 bits per heavy atom. The number of carbonyl (C=O) groups is 2. The minimum atomic E-state index is -0.496. The van der Waals surface area contributed by atoms with Crippen LogP contribution in [0.1, 0.15) is 88.2 Å². The molecule has 1 aromatic heterocycles. The lowest BCUT2D eigenvalue weighted by atomic mass is 9.81. The SMILES string of the molecule is CCCCON1C(=O)N2C[C@@H]1CC[C@H]2c1nnc([C@H]2C[C@H](NC(=O)OC(C)(C)C)C2)s1. The van der Waals surface area contributed by atoms with Crippen LogP contribution in [0.3, 0.4) is 0 Å². The van der Waals surface area contributed by atoms with Crippen molar-refractivity contribution in [3.8, 4) is 0 Å². The van der Waals surface area contributed by atoms with Crippen LogP contribution < -0.4 is 5.32 Å². The van der Waals surface area contributed by atoms with E-state index in [0.717, 1.165) is 48.5 Å². The molecule has 3 amide bonds. The lowest BCUT2D eigenvalue weighted by molar-refractivity contribution is -0.130. The number of amides is 3. The second-order valence-electron chi connectivity index (χ2n) is 9.68. The number of hydrogen-bond donors (Lipinski definition) is 1. The third kappa shape index (κ3) is 4.95. The number of hydroxylamine groups is 2. The summed E-state index contributed by atoms with van der Waals surface area (Å²) in [6, 6.07) is 0.173. The lowest BCUT2D eigenvalue weighted by Gasteiger charge is -2.34. The molecule has 4 rings (SSSR count). The summed E-state index contributed by atoms with van der Waals surface area (Å²) in [5.41, 5.74) is -0.496. The number of nitrogens with zero attached hydrogens (tertiary/aromatic N) is 4. The van der Waals surface area contributed by atoms with E-state index in [-0.39, 0.29) is 30.2 Å². The summed E-state index contributed by atoms with van der Waals surface area (Å²) >= 11 is 1.60. The number of carbonyl (C=O) groups excluding carboxylic acids is 2. The van der Waals surface area contributed by atoms with Gasteiger partial charge in [-0.2, -0.15) is 5.06 Å². The highest BCUT2D eigenvalue weighted by Crippen LogP contribution is 2.43. The van der Waals surface area contributed by atoms with Crippen LogP contribution in [-0.2, 0) is 9.57 Å². The normalized spacial score (nSPS) is 27.9. The molecule has 0 radical (unpaired) electrons. The van der Waals surface area contributed by atoms with Gasteiger partial charge in [-0.25, -0.2) is 9.59 Å². The highest BCUT2D eigenvalue weighted by molar-refractivity contribution is 7.11. The Labute approximate surface area is 187 Å². The highest BCUT2D eigenvalue weighted by atomic mass is 32.1. The van der Waals surface area contributed by atoms with Crippen LogP contribution in [0.5, 0.6) is 0 Å². The second-order valence-corrected chi connectivity index (χ2v) is 10.7. The van der Waals surface area contributed by atoms with Gasteiger partial charge in [-0.3, -0.25) is 4.84 Å². The molecule has 3 heterocycles. The Hall–Kier alpha value is -1.94. The number of urea groups is 1. The minimum absolute atomic E-state index is 0.0227. The molecule has 9 nitrogen and oxygen atoms in total. The Bertz CT molecular complexity index is 804. The van der Waals surface area contributed by atoms with Gasteiger partial charge in [0, 0.05) is 18.5 Å². The van der Waals surface area contributed by atoms with Gasteiger partial charge in [0.25, 0.3) is 0 Å². The predicted molar refractivity (Wildman–Crippen MR) is 116 cm³/mol. The van der Waals surface area contributed by atoms with Crippen molar-refractivity contribution in [1.82, 2.24) is 25.5 Å². The van der Waals surface area contributed by atoms with Crippen molar-refractivity contribution < 1.29 is 19.2 Å². The van der Waals surface area contributed by atoms with Gasteiger partial charge in [0.05, 0.1) is 18.7 Å². The van der Waals surface area contributed by atoms with Gasteiger partial charge >= 0.3 is 12.1 Å². The summed E-state index contributed by atoms with van der Waals surface area (Å²) in [5.74, 6) is 0.297. The molecule has 0 aromatic carbocycles. The average Bonchev–Trinajstić information content (AvgIpc) is 3.23. The van der Waals surface area contributed by atoms with Crippen molar-refractivity contribution in [3.05, 3.63) is 10.0 Å². The fourth-order valence-corrected chi connectivity index (χ4v) is 5.44. The lowest BCUT2D eigenvalue weighted by Crippen LogP contribution is -2.45. The molecule has 3 fully saturated rings. The number of aromatic nitrogens is 2. The van der Waals surface area contributed by atoms with Crippen LogP contribution in [0, 0.1) is 0 Å². The first-order valence-electron chi connectivity index (χ1n) is 11.3. The zero-order chi connectivity index (χ0) is 22.2. The molecule has 1 saturated carbocycles. The van der Waals surface area contributed by atoms with Crippen molar-refractivity contribution in [2.45, 2.75) is 95.9 Å². The van der Waals surface area contributed by atoms with Gasteiger partial charge in [0.2, 0.25) is 0 Å². The Balaban J connectivity index is 1.30. The molecule has 0 unspecified atom stereocenters.